The van der Waals surface area contributed by atoms with Crippen molar-refractivity contribution in [3.8, 4) is 17.2 Å². The highest BCUT2D eigenvalue weighted by Gasteiger charge is 2.25. The number of hydrogen-bond acceptors (Lipinski definition) is 5. The van der Waals surface area contributed by atoms with Crippen LogP contribution in [0.3, 0.4) is 0 Å². The Morgan fingerprint density at radius 2 is 2.09 bits per heavy atom. The predicted molar refractivity (Wildman–Crippen MR) is 86.4 cm³/mol. The van der Waals surface area contributed by atoms with Crippen molar-refractivity contribution in [3.63, 3.8) is 0 Å². The van der Waals surface area contributed by atoms with Crippen LogP contribution in [0.2, 0.25) is 0 Å². The molecule has 0 aliphatic carbocycles. The standard InChI is InChI=1S/C17H21NO5/c1-9(2)12(19)7-11-15(21-4)10-5-6-13-16(23-8-22-13)14(10)18(3)17(11)20/h5-6,9,12,19H,7-8H2,1-4H3/t12-/m1/s1. The Hall–Kier alpha value is -2.21. The van der Waals surface area contributed by atoms with Crippen molar-refractivity contribution in [3.05, 3.63) is 28.0 Å². The molecule has 0 spiro atoms. The Morgan fingerprint density at radius 3 is 2.74 bits per heavy atom. The van der Waals surface area contributed by atoms with Gasteiger partial charge >= 0.3 is 0 Å². The number of aryl methyl sites for hydroxylation is 1. The molecule has 2 aromatic rings. The second-order valence-electron chi connectivity index (χ2n) is 6.09. The summed E-state index contributed by atoms with van der Waals surface area (Å²) in [6.07, 6.45) is -0.360. The number of aliphatic hydroxyl groups is 1. The zero-order chi connectivity index (χ0) is 16.7. The second kappa shape index (κ2) is 5.77. The fourth-order valence-electron chi connectivity index (χ4n) is 2.90. The lowest BCUT2D eigenvalue weighted by atomic mass is 9.98. The minimum Gasteiger partial charge on any atom is -0.496 e. The van der Waals surface area contributed by atoms with Gasteiger partial charge in [0.1, 0.15) is 11.3 Å². The van der Waals surface area contributed by atoms with E-state index < -0.39 is 6.10 Å². The number of nitrogens with zero attached hydrogens (tertiary/aromatic N) is 1. The molecular formula is C17H21NO5. The van der Waals surface area contributed by atoms with E-state index in [9.17, 15) is 9.90 Å². The second-order valence-corrected chi connectivity index (χ2v) is 6.09. The molecule has 0 amide bonds. The van der Waals surface area contributed by atoms with Gasteiger partial charge in [0, 0.05) is 18.9 Å². The van der Waals surface area contributed by atoms with E-state index >= 15 is 0 Å². The maximum Gasteiger partial charge on any atom is 0.257 e. The van der Waals surface area contributed by atoms with E-state index in [2.05, 4.69) is 0 Å². The van der Waals surface area contributed by atoms with Gasteiger partial charge in [0.05, 0.1) is 18.8 Å². The maximum atomic E-state index is 12.8. The lowest BCUT2D eigenvalue weighted by Gasteiger charge is -2.19. The summed E-state index contributed by atoms with van der Waals surface area (Å²) in [5.74, 6) is 1.71. The maximum absolute atomic E-state index is 12.8. The van der Waals surface area contributed by atoms with E-state index in [-0.39, 0.29) is 24.7 Å². The van der Waals surface area contributed by atoms with Crippen LogP contribution in [-0.2, 0) is 13.5 Å². The summed E-state index contributed by atoms with van der Waals surface area (Å²) in [4.78, 5) is 12.8. The monoisotopic (exact) mass is 319 g/mol. The summed E-state index contributed by atoms with van der Waals surface area (Å²) in [6.45, 7) is 3.97. The van der Waals surface area contributed by atoms with Crippen LogP contribution in [0.25, 0.3) is 10.9 Å². The van der Waals surface area contributed by atoms with E-state index in [0.717, 1.165) is 5.39 Å². The van der Waals surface area contributed by atoms with Crippen molar-refractivity contribution in [2.24, 2.45) is 13.0 Å². The summed E-state index contributed by atoms with van der Waals surface area (Å²) >= 11 is 0. The molecule has 23 heavy (non-hydrogen) atoms. The number of fused-ring (bicyclic) bond motifs is 3. The van der Waals surface area contributed by atoms with E-state index in [1.807, 2.05) is 19.9 Å². The minimum atomic E-state index is -0.608. The van der Waals surface area contributed by atoms with Gasteiger partial charge in [-0.15, -0.1) is 0 Å². The Morgan fingerprint density at radius 1 is 1.35 bits per heavy atom. The summed E-state index contributed by atoms with van der Waals surface area (Å²) in [5, 5.41) is 11.0. The molecule has 2 heterocycles. The third-order valence-electron chi connectivity index (χ3n) is 4.32. The summed E-state index contributed by atoms with van der Waals surface area (Å²) in [7, 11) is 3.22. The Kier molecular flexibility index (Phi) is 3.93. The van der Waals surface area contributed by atoms with Crippen molar-refractivity contribution in [1.29, 1.82) is 0 Å². The first-order valence-electron chi connectivity index (χ1n) is 7.62. The molecular weight excluding hydrogens is 298 g/mol. The third kappa shape index (κ3) is 2.43. The highest BCUT2D eigenvalue weighted by Crippen LogP contribution is 2.42. The first-order valence-corrected chi connectivity index (χ1v) is 7.62. The fourth-order valence-corrected chi connectivity index (χ4v) is 2.90. The summed E-state index contributed by atoms with van der Waals surface area (Å²) in [5.41, 5.74) is 0.921. The third-order valence-corrected chi connectivity index (χ3v) is 4.32. The van der Waals surface area contributed by atoms with E-state index in [1.165, 1.54) is 11.7 Å². The van der Waals surface area contributed by atoms with Gasteiger partial charge in [-0.3, -0.25) is 4.79 Å². The molecule has 1 atom stereocenters. The van der Waals surface area contributed by atoms with Crippen LogP contribution in [0.4, 0.5) is 0 Å². The van der Waals surface area contributed by atoms with Crippen LogP contribution in [0.1, 0.15) is 19.4 Å². The van der Waals surface area contributed by atoms with Crippen LogP contribution in [0.15, 0.2) is 16.9 Å². The molecule has 6 nitrogen and oxygen atoms in total. The van der Waals surface area contributed by atoms with Crippen molar-refractivity contribution >= 4 is 10.9 Å². The van der Waals surface area contributed by atoms with Gasteiger partial charge in [0.2, 0.25) is 6.79 Å². The highest BCUT2D eigenvalue weighted by atomic mass is 16.7. The Labute approximate surface area is 134 Å². The molecule has 0 saturated heterocycles. The van der Waals surface area contributed by atoms with Crippen molar-refractivity contribution in [2.75, 3.05) is 13.9 Å². The molecule has 1 aliphatic rings. The van der Waals surface area contributed by atoms with Crippen LogP contribution in [0, 0.1) is 5.92 Å². The van der Waals surface area contributed by atoms with Gasteiger partial charge < -0.3 is 23.9 Å². The molecule has 1 aromatic heterocycles. The number of hydrogen-bond donors (Lipinski definition) is 1. The van der Waals surface area contributed by atoms with E-state index in [4.69, 9.17) is 14.2 Å². The summed E-state index contributed by atoms with van der Waals surface area (Å²) in [6, 6.07) is 3.66. The lowest BCUT2D eigenvalue weighted by molar-refractivity contribution is 0.124. The van der Waals surface area contributed by atoms with Crippen molar-refractivity contribution < 1.29 is 19.3 Å². The van der Waals surface area contributed by atoms with E-state index in [1.54, 1.807) is 13.1 Å². The largest absolute Gasteiger partial charge is 0.496 e. The van der Waals surface area contributed by atoms with Crippen LogP contribution in [-0.4, -0.2) is 29.7 Å². The molecule has 3 rings (SSSR count). The number of pyridine rings is 1. The van der Waals surface area contributed by atoms with Gasteiger partial charge in [-0.1, -0.05) is 13.8 Å². The topological polar surface area (TPSA) is 69.9 Å². The number of methoxy groups -OCH3 is 1. The molecule has 1 aliphatic heterocycles. The molecule has 0 fully saturated rings. The van der Waals surface area contributed by atoms with Gasteiger partial charge in [0.25, 0.3) is 5.56 Å². The smallest absolute Gasteiger partial charge is 0.257 e. The molecule has 1 N–H and O–H groups in total. The Balaban J connectivity index is 2.29. The van der Waals surface area contributed by atoms with Crippen molar-refractivity contribution in [1.82, 2.24) is 4.57 Å². The number of rotatable bonds is 4. The number of ether oxygens (including phenoxy) is 3. The fraction of sp³-hybridized carbons (Fsp3) is 0.471. The van der Waals surface area contributed by atoms with Gasteiger partial charge in [-0.2, -0.15) is 0 Å². The molecule has 124 valence electrons. The predicted octanol–water partition coefficient (Wildman–Crippen LogP) is 1.84. The zero-order valence-electron chi connectivity index (χ0n) is 13.8. The van der Waals surface area contributed by atoms with Gasteiger partial charge in [0.15, 0.2) is 11.5 Å². The normalized spacial score (nSPS) is 14.5. The average molecular weight is 319 g/mol. The van der Waals surface area contributed by atoms with Crippen LogP contribution >= 0.6 is 0 Å². The molecule has 0 bridgehead atoms. The number of aromatic nitrogens is 1. The van der Waals surface area contributed by atoms with Crippen LogP contribution in [0.5, 0.6) is 17.2 Å². The molecule has 1 aromatic carbocycles. The van der Waals surface area contributed by atoms with Gasteiger partial charge in [-0.05, 0) is 18.1 Å². The molecule has 0 unspecified atom stereocenters. The van der Waals surface area contributed by atoms with Gasteiger partial charge in [-0.25, -0.2) is 0 Å². The Bertz CT molecular complexity index is 809. The molecule has 0 radical (unpaired) electrons. The van der Waals surface area contributed by atoms with E-state index in [0.29, 0.717) is 28.3 Å². The average Bonchev–Trinajstić information content (AvgIpc) is 3.00. The molecule has 6 heteroatoms. The minimum absolute atomic E-state index is 0.0527. The number of benzene rings is 1. The van der Waals surface area contributed by atoms with Crippen LogP contribution < -0.4 is 19.8 Å². The number of aliphatic hydroxyl groups excluding tert-OH is 1. The lowest BCUT2D eigenvalue weighted by Crippen LogP contribution is -2.28. The quantitative estimate of drug-likeness (QED) is 0.931. The first-order chi connectivity index (χ1) is 11.0. The highest BCUT2D eigenvalue weighted by molar-refractivity contribution is 5.93. The first kappa shape index (κ1) is 15.7. The SMILES string of the molecule is COc1c(C[C@@H](O)C(C)C)c(=O)n(C)c2c3c(ccc12)OCO3. The summed E-state index contributed by atoms with van der Waals surface area (Å²) < 4.78 is 18.0. The zero-order valence-corrected chi connectivity index (χ0v) is 13.8. The van der Waals surface area contributed by atoms with Crippen molar-refractivity contribution in [2.45, 2.75) is 26.4 Å². The molecule has 0 saturated carbocycles.